The molecule has 150 valence electrons. The number of nitrogens with one attached hydrogen (secondary N) is 1. The summed E-state index contributed by atoms with van der Waals surface area (Å²) in [5.74, 6) is -0.194. The summed E-state index contributed by atoms with van der Waals surface area (Å²) in [4.78, 5) is 12.4. The minimum Gasteiger partial charge on any atom is -0.372 e. The Balaban J connectivity index is 1.26. The molecule has 5 nitrogen and oxygen atoms in total. The quantitative estimate of drug-likeness (QED) is 0.476. The standard InChI is InChI=1S/C25H23N3O2/c29-25(24-15-16-28(27-24)23-9-5-2-6-10-23)26-17-20-11-13-22(14-12-20)19-30-18-21-7-3-1-4-8-21/h1-16H,17-19H2,(H,26,29). The second-order valence-electron chi connectivity index (χ2n) is 6.96. The fraction of sp³-hybridized carbons (Fsp3) is 0.120. The maximum atomic E-state index is 12.4. The number of amides is 1. The highest BCUT2D eigenvalue weighted by atomic mass is 16.5. The van der Waals surface area contributed by atoms with Crippen LogP contribution in [-0.4, -0.2) is 15.7 Å². The lowest BCUT2D eigenvalue weighted by molar-refractivity contribution is 0.0945. The van der Waals surface area contributed by atoms with Gasteiger partial charge in [0.2, 0.25) is 0 Å². The number of hydrogen-bond donors (Lipinski definition) is 1. The largest absolute Gasteiger partial charge is 0.372 e. The summed E-state index contributed by atoms with van der Waals surface area (Å²) in [6.07, 6.45) is 1.79. The Morgan fingerprint density at radius 2 is 1.37 bits per heavy atom. The lowest BCUT2D eigenvalue weighted by Crippen LogP contribution is -2.23. The molecule has 3 aromatic carbocycles. The second kappa shape index (κ2) is 9.67. The Kier molecular flexibility index (Phi) is 6.32. The smallest absolute Gasteiger partial charge is 0.272 e. The third-order valence-electron chi connectivity index (χ3n) is 4.70. The van der Waals surface area contributed by atoms with Gasteiger partial charge in [-0.05, 0) is 34.9 Å². The van der Waals surface area contributed by atoms with Gasteiger partial charge in [-0.3, -0.25) is 4.79 Å². The van der Waals surface area contributed by atoms with Crippen LogP contribution >= 0.6 is 0 Å². The minimum atomic E-state index is -0.194. The van der Waals surface area contributed by atoms with Crippen LogP contribution in [0.2, 0.25) is 0 Å². The van der Waals surface area contributed by atoms with Gasteiger partial charge in [0, 0.05) is 12.7 Å². The Morgan fingerprint density at radius 1 is 0.767 bits per heavy atom. The van der Waals surface area contributed by atoms with Gasteiger partial charge in [0.05, 0.1) is 18.9 Å². The molecule has 0 bridgehead atoms. The van der Waals surface area contributed by atoms with E-state index in [1.165, 1.54) is 0 Å². The molecule has 0 aliphatic heterocycles. The van der Waals surface area contributed by atoms with Crippen LogP contribution in [0.25, 0.3) is 5.69 Å². The number of benzene rings is 3. The van der Waals surface area contributed by atoms with Crippen LogP contribution in [-0.2, 0) is 24.5 Å². The molecule has 0 saturated carbocycles. The van der Waals surface area contributed by atoms with Gasteiger partial charge in [0.15, 0.2) is 5.69 Å². The number of para-hydroxylation sites is 1. The van der Waals surface area contributed by atoms with E-state index in [0.29, 0.717) is 25.5 Å². The predicted molar refractivity (Wildman–Crippen MR) is 116 cm³/mol. The summed E-state index contributed by atoms with van der Waals surface area (Å²) < 4.78 is 7.45. The van der Waals surface area contributed by atoms with E-state index in [0.717, 1.165) is 22.4 Å². The van der Waals surface area contributed by atoms with Gasteiger partial charge >= 0.3 is 0 Å². The molecule has 0 atom stereocenters. The van der Waals surface area contributed by atoms with Crippen molar-refractivity contribution >= 4 is 5.91 Å². The van der Waals surface area contributed by atoms with Gasteiger partial charge < -0.3 is 10.1 Å². The zero-order valence-corrected chi connectivity index (χ0v) is 16.6. The van der Waals surface area contributed by atoms with Crippen LogP contribution in [0.3, 0.4) is 0 Å². The van der Waals surface area contributed by atoms with Crippen LogP contribution < -0.4 is 5.32 Å². The lowest BCUT2D eigenvalue weighted by Gasteiger charge is -2.07. The number of rotatable bonds is 8. The molecule has 0 radical (unpaired) electrons. The number of carbonyl (C=O) groups is 1. The predicted octanol–water partition coefficient (Wildman–Crippen LogP) is 4.52. The highest BCUT2D eigenvalue weighted by molar-refractivity contribution is 5.92. The molecule has 0 saturated heterocycles. The van der Waals surface area contributed by atoms with E-state index in [2.05, 4.69) is 22.5 Å². The Morgan fingerprint density at radius 3 is 2.07 bits per heavy atom. The molecule has 4 aromatic rings. The first kappa shape index (κ1) is 19.6. The van der Waals surface area contributed by atoms with E-state index in [-0.39, 0.29) is 5.91 Å². The molecule has 0 unspecified atom stereocenters. The van der Waals surface area contributed by atoms with Gasteiger partial charge in [-0.2, -0.15) is 5.10 Å². The van der Waals surface area contributed by atoms with Crippen LogP contribution in [0.1, 0.15) is 27.2 Å². The zero-order chi connectivity index (χ0) is 20.6. The molecule has 1 heterocycles. The van der Waals surface area contributed by atoms with Gasteiger partial charge in [-0.15, -0.1) is 0 Å². The maximum Gasteiger partial charge on any atom is 0.272 e. The fourth-order valence-corrected chi connectivity index (χ4v) is 3.06. The Bertz CT molecular complexity index is 1070. The number of nitrogens with zero attached hydrogens (tertiary/aromatic N) is 2. The Labute approximate surface area is 175 Å². The number of ether oxygens (including phenoxy) is 1. The molecule has 4 rings (SSSR count). The van der Waals surface area contributed by atoms with Gasteiger partial charge in [0.25, 0.3) is 5.91 Å². The van der Waals surface area contributed by atoms with Crippen LogP contribution in [0.15, 0.2) is 97.2 Å². The Hall–Kier alpha value is -3.70. The van der Waals surface area contributed by atoms with Crippen molar-refractivity contribution in [2.45, 2.75) is 19.8 Å². The molecule has 30 heavy (non-hydrogen) atoms. The third kappa shape index (κ3) is 5.21. The lowest BCUT2D eigenvalue weighted by atomic mass is 10.1. The highest BCUT2D eigenvalue weighted by Crippen LogP contribution is 2.10. The van der Waals surface area contributed by atoms with Crippen LogP contribution in [0, 0.1) is 0 Å². The summed E-state index contributed by atoms with van der Waals surface area (Å²) in [7, 11) is 0. The number of aromatic nitrogens is 2. The summed E-state index contributed by atoms with van der Waals surface area (Å²) >= 11 is 0. The third-order valence-corrected chi connectivity index (χ3v) is 4.70. The van der Waals surface area contributed by atoms with Gasteiger partial charge in [0.1, 0.15) is 0 Å². The zero-order valence-electron chi connectivity index (χ0n) is 16.6. The highest BCUT2D eigenvalue weighted by Gasteiger charge is 2.10. The van der Waals surface area contributed by atoms with Crippen LogP contribution in [0.4, 0.5) is 0 Å². The van der Waals surface area contributed by atoms with Crippen molar-refractivity contribution in [3.8, 4) is 5.69 Å². The monoisotopic (exact) mass is 397 g/mol. The van der Waals surface area contributed by atoms with E-state index >= 15 is 0 Å². The SMILES string of the molecule is O=C(NCc1ccc(COCc2ccccc2)cc1)c1ccn(-c2ccccc2)n1. The van der Waals surface area contributed by atoms with Crippen LogP contribution in [0.5, 0.6) is 0 Å². The average molecular weight is 397 g/mol. The average Bonchev–Trinajstić information content (AvgIpc) is 3.30. The van der Waals surface area contributed by atoms with E-state index in [1.54, 1.807) is 16.9 Å². The summed E-state index contributed by atoms with van der Waals surface area (Å²) in [5, 5.41) is 7.27. The molecule has 0 spiro atoms. The summed E-state index contributed by atoms with van der Waals surface area (Å²) in [6, 6.07) is 29.6. The van der Waals surface area contributed by atoms with Crippen molar-refractivity contribution in [1.82, 2.24) is 15.1 Å². The molecule has 0 aliphatic carbocycles. The van der Waals surface area contributed by atoms with Crippen molar-refractivity contribution in [3.05, 3.63) is 120 Å². The molecular formula is C25H23N3O2. The molecule has 1 amide bonds. The number of carbonyl (C=O) groups excluding carboxylic acids is 1. The van der Waals surface area contributed by atoms with Crippen molar-refractivity contribution in [1.29, 1.82) is 0 Å². The van der Waals surface area contributed by atoms with E-state index in [4.69, 9.17) is 4.74 Å². The van der Waals surface area contributed by atoms with Gasteiger partial charge in [-0.1, -0.05) is 72.8 Å². The van der Waals surface area contributed by atoms with E-state index in [1.807, 2.05) is 72.8 Å². The summed E-state index contributed by atoms with van der Waals surface area (Å²) in [5.41, 5.74) is 4.60. The fourth-order valence-electron chi connectivity index (χ4n) is 3.06. The molecule has 1 N–H and O–H groups in total. The normalized spacial score (nSPS) is 10.7. The van der Waals surface area contributed by atoms with E-state index < -0.39 is 0 Å². The van der Waals surface area contributed by atoms with Gasteiger partial charge in [-0.25, -0.2) is 4.68 Å². The molecule has 1 aromatic heterocycles. The number of hydrogen-bond acceptors (Lipinski definition) is 3. The topological polar surface area (TPSA) is 56.1 Å². The van der Waals surface area contributed by atoms with Crippen molar-refractivity contribution in [2.75, 3.05) is 0 Å². The molecule has 0 fully saturated rings. The van der Waals surface area contributed by atoms with Crippen molar-refractivity contribution in [3.63, 3.8) is 0 Å². The molecule has 0 aliphatic rings. The van der Waals surface area contributed by atoms with Crippen molar-refractivity contribution in [2.24, 2.45) is 0 Å². The first-order valence-corrected chi connectivity index (χ1v) is 9.87. The molecule has 5 heteroatoms. The minimum absolute atomic E-state index is 0.194. The summed E-state index contributed by atoms with van der Waals surface area (Å²) in [6.45, 7) is 1.59. The second-order valence-corrected chi connectivity index (χ2v) is 6.96. The molecular weight excluding hydrogens is 374 g/mol. The maximum absolute atomic E-state index is 12.4. The first-order valence-electron chi connectivity index (χ1n) is 9.87. The van der Waals surface area contributed by atoms with E-state index in [9.17, 15) is 4.79 Å². The van der Waals surface area contributed by atoms with Crippen molar-refractivity contribution < 1.29 is 9.53 Å². The first-order chi connectivity index (χ1) is 14.8.